The first-order valence-corrected chi connectivity index (χ1v) is 29.2. The van der Waals surface area contributed by atoms with Crippen molar-refractivity contribution in [2.75, 3.05) is 0 Å². The average molecular weight is 942 g/mol. The Kier molecular flexibility index (Phi) is 34.8. The summed E-state index contributed by atoms with van der Waals surface area (Å²) in [6.07, 6.45) is 50.7. The average Bonchev–Trinajstić information content (AvgIpc) is 4.16. The summed E-state index contributed by atoms with van der Waals surface area (Å²) in [5, 5.41) is 10.4. The number of unbranched alkanes of at least 4 members (excludes halogenated alkanes) is 8. The number of aliphatic hydroxyl groups excluding tert-OH is 1. The van der Waals surface area contributed by atoms with Crippen molar-refractivity contribution in [3.8, 4) is 0 Å². The minimum atomic E-state index is 0. The summed E-state index contributed by atoms with van der Waals surface area (Å²) in [7, 11) is 0. The van der Waals surface area contributed by atoms with E-state index in [1.165, 1.54) is 210 Å². The van der Waals surface area contributed by atoms with Crippen molar-refractivity contribution in [2.45, 2.75) is 297 Å². The summed E-state index contributed by atoms with van der Waals surface area (Å²) in [5.41, 5.74) is 2.77. The predicted octanol–water partition coefficient (Wildman–Crippen LogP) is 14.0. The fourth-order valence-electron chi connectivity index (χ4n) is 13.5. The molecule has 8 aliphatic rings. The van der Waals surface area contributed by atoms with Gasteiger partial charge in [0.15, 0.2) is 5.78 Å². The Bertz CT molecular complexity index is 1380. The van der Waals surface area contributed by atoms with E-state index in [0.29, 0.717) is 58.6 Å². The normalized spacial score (nSPS) is 28.3. The maximum absolute atomic E-state index is 12.3. The fourth-order valence-corrected chi connectivity index (χ4v) is 13.5. The third kappa shape index (κ3) is 22.4. The minimum Gasteiger partial charge on any atom is -1.00 e. The molecule has 8 fully saturated rings. The van der Waals surface area contributed by atoms with Crippen LogP contribution in [0.5, 0.6) is 0 Å². The van der Waals surface area contributed by atoms with E-state index in [1.54, 1.807) is 0 Å². The molecule has 3 radical (unpaired) electrons. The molecule has 5 nitrogen and oxygen atoms in total. The molecule has 0 amide bonds. The number of hydrogen-bond donors (Lipinski definition) is 1. The Hall–Kier alpha value is -0.555. The van der Waals surface area contributed by atoms with Crippen LogP contribution in [0.4, 0.5) is 0 Å². The zero-order chi connectivity index (χ0) is 46.7. The molecule has 67 heavy (non-hydrogen) atoms. The van der Waals surface area contributed by atoms with Gasteiger partial charge < -0.3 is 6.53 Å². The number of Topliss-reactive ketones (excluding diaryl/α,β-unsaturated/α-hetero) is 4. The van der Waals surface area contributed by atoms with E-state index in [-0.39, 0.29) is 46.9 Å². The van der Waals surface area contributed by atoms with E-state index in [2.05, 4.69) is 27.7 Å². The van der Waals surface area contributed by atoms with E-state index in [0.717, 1.165) is 76.0 Å². The molecule has 8 rings (SSSR count). The zero-order valence-electron chi connectivity index (χ0n) is 45.8. The topological polar surface area (TPSA) is 88.5 Å². The predicted molar refractivity (Wildman–Crippen MR) is 282 cm³/mol. The molecule has 8 aliphatic carbocycles. The second kappa shape index (κ2) is 37.2. The number of carbonyl (C=O) groups excluding carboxylic acids is 4. The van der Waals surface area contributed by atoms with Gasteiger partial charge in [-0.2, -0.15) is 0 Å². The first-order chi connectivity index (χ1) is 31.7. The molecule has 0 aromatic heterocycles. The number of allylic oxidation sites excluding steroid dienone is 2. The first kappa shape index (κ1) is 62.6. The van der Waals surface area contributed by atoms with Crippen LogP contribution in [0.15, 0.2) is 11.1 Å². The fraction of sp³-hybridized carbons (Fsp3) is 0.900. The van der Waals surface area contributed by atoms with Gasteiger partial charge in [-0.05, 0) is 158 Å². The molecule has 0 aliphatic heterocycles. The van der Waals surface area contributed by atoms with Gasteiger partial charge in [-0.25, -0.2) is 0 Å². The largest absolute Gasteiger partial charge is 1.00 e. The maximum Gasteiger partial charge on any atom is 1.00 e. The van der Waals surface area contributed by atoms with E-state index in [4.69, 9.17) is 0 Å². The van der Waals surface area contributed by atoms with Gasteiger partial charge in [0.25, 0.3) is 0 Å². The van der Waals surface area contributed by atoms with Crippen LogP contribution in [0.25, 0.3) is 0 Å². The van der Waals surface area contributed by atoms with E-state index < -0.39 is 0 Å². The van der Waals surface area contributed by atoms with Crippen LogP contribution in [-0.4, -0.2) is 42.8 Å². The molecule has 381 valence electrons. The molecule has 7 unspecified atom stereocenters. The Morgan fingerprint density at radius 1 is 0.478 bits per heavy atom. The maximum atomic E-state index is 12.3. The Morgan fingerprint density at radius 3 is 1.49 bits per heavy atom. The smallest absolute Gasteiger partial charge is 1.00 e. The number of hydrogen-bond acceptors (Lipinski definition) is 5. The summed E-state index contributed by atoms with van der Waals surface area (Å²) in [5.74, 6) is 6.82. The molecule has 0 bridgehead atoms. The molecule has 0 heterocycles. The van der Waals surface area contributed by atoms with Gasteiger partial charge >= 0.3 is 29.6 Å². The summed E-state index contributed by atoms with van der Waals surface area (Å²) in [6.45, 7) is 8.92. The van der Waals surface area contributed by atoms with E-state index in [1.807, 2.05) is 0 Å². The van der Waals surface area contributed by atoms with Crippen LogP contribution in [0.2, 0.25) is 0 Å². The van der Waals surface area contributed by atoms with Crippen molar-refractivity contribution in [3.05, 3.63) is 11.1 Å². The summed E-state index contributed by atoms with van der Waals surface area (Å²) < 4.78 is 0. The van der Waals surface area contributed by atoms with Crippen molar-refractivity contribution < 1.29 is 56.7 Å². The molecule has 8 saturated carbocycles. The summed E-state index contributed by atoms with van der Waals surface area (Å²) >= 11 is 0. The van der Waals surface area contributed by atoms with Crippen LogP contribution in [-0.2, 0) is 19.2 Å². The number of aliphatic hydroxyl groups is 1. The third-order valence-corrected chi connectivity index (χ3v) is 17.6. The second-order valence-electron chi connectivity index (χ2n) is 22.5. The van der Waals surface area contributed by atoms with Crippen LogP contribution < -0.4 is 29.6 Å². The molecule has 7 atom stereocenters. The van der Waals surface area contributed by atoms with E-state index >= 15 is 0 Å². The molecule has 0 aromatic carbocycles. The Balaban J connectivity index is 0.000000848. The van der Waals surface area contributed by atoms with Crippen LogP contribution >= 0.6 is 0 Å². The minimum absolute atomic E-state index is 0. The van der Waals surface area contributed by atoms with Crippen LogP contribution in [0, 0.1) is 47.3 Å². The van der Waals surface area contributed by atoms with E-state index in [9.17, 15) is 24.3 Å². The van der Waals surface area contributed by atoms with Gasteiger partial charge in [0.2, 0.25) is 0 Å². The molecular formula is C60H107BNaO5. The van der Waals surface area contributed by atoms with Crippen molar-refractivity contribution >= 4 is 31.5 Å². The number of ketones is 4. The van der Waals surface area contributed by atoms with Gasteiger partial charge in [-0.3, -0.25) is 19.2 Å². The second-order valence-corrected chi connectivity index (χ2v) is 22.5. The standard InChI is InChI=1S/C15H28O.C15H26O.C15H24O.C10H18O.C5H8O.B.Na.H2.H/c3*1-2-3-4-9-13-10-11-14(15(13)16)12-7-5-6-8-12;1-2-3-4-6-9-7-5-8-10(9)11;6-5-3-1-2-4-5;;;;/h12-16H,2-11H2,1H3;12-14H,2-11H2,1H3;13H,2-11H2,1H3;9H,2-8H2,1H3;1-4H2;;;1H;/q;;;;;;+1;;-1. The van der Waals surface area contributed by atoms with Gasteiger partial charge in [-0.1, -0.05) is 149 Å². The van der Waals surface area contributed by atoms with Gasteiger partial charge in [0.1, 0.15) is 17.3 Å². The molecular weight excluding hydrogens is 834 g/mol. The van der Waals surface area contributed by atoms with Gasteiger partial charge in [0, 0.05) is 52.8 Å². The summed E-state index contributed by atoms with van der Waals surface area (Å²) in [6, 6.07) is 0. The first-order valence-electron chi connectivity index (χ1n) is 29.2. The third-order valence-electron chi connectivity index (χ3n) is 17.6. The van der Waals surface area contributed by atoms with Crippen LogP contribution in [0.1, 0.15) is 294 Å². The Morgan fingerprint density at radius 2 is 0.985 bits per heavy atom. The molecule has 0 spiro atoms. The number of rotatable bonds is 18. The van der Waals surface area contributed by atoms with Gasteiger partial charge in [-0.15, -0.1) is 0 Å². The van der Waals surface area contributed by atoms with Crippen LogP contribution in [0.3, 0.4) is 0 Å². The van der Waals surface area contributed by atoms with Crippen molar-refractivity contribution in [2.24, 2.45) is 47.3 Å². The van der Waals surface area contributed by atoms with Gasteiger partial charge in [0.05, 0.1) is 6.10 Å². The summed E-state index contributed by atoms with van der Waals surface area (Å²) in [4.78, 5) is 45.9. The van der Waals surface area contributed by atoms with Crippen molar-refractivity contribution in [1.82, 2.24) is 0 Å². The molecule has 1 N–H and O–H groups in total. The molecule has 7 heteroatoms. The monoisotopic (exact) mass is 942 g/mol. The van der Waals surface area contributed by atoms with Crippen molar-refractivity contribution in [1.29, 1.82) is 0 Å². The zero-order valence-corrected chi connectivity index (χ0v) is 46.8. The molecule has 0 saturated heterocycles. The Labute approximate surface area is 441 Å². The van der Waals surface area contributed by atoms with Crippen molar-refractivity contribution in [3.63, 3.8) is 0 Å². The molecule has 0 aromatic rings. The quantitative estimate of drug-likeness (QED) is 0.0840. The SMILES string of the molecule is CCCCCC1CCC(=C2CCCC2)C1=O.CCCCCC1CCC(C2CCCC2)C1=O.CCCCCC1CCC(C2CCCC2)C1O.CCCCCC1CCCC1=O.O=C1CCCC1.[B].[H-].[HH].[Na+]. The number of carbonyl (C=O) groups is 4.